The molecule has 6 heteroatoms. The first-order valence-electron chi connectivity index (χ1n) is 10.2. The van der Waals surface area contributed by atoms with Crippen molar-refractivity contribution in [3.05, 3.63) is 60.6 Å². The third kappa shape index (κ3) is 3.89. The van der Waals surface area contributed by atoms with E-state index in [9.17, 15) is 0 Å². The van der Waals surface area contributed by atoms with E-state index >= 15 is 0 Å². The second kappa shape index (κ2) is 7.72. The van der Waals surface area contributed by atoms with Gasteiger partial charge in [0.25, 0.3) is 0 Å². The zero-order valence-corrected chi connectivity index (χ0v) is 16.6. The van der Waals surface area contributed by atoms with E-state index < -0.39 is 0 Å². The number of hydrogen-bond acceptors (Lipinski definition) is 4. The topological polar surface area (TPSA) is 69.8 Å². The highest BCUT2D eigenvalue weighted by Crippen LogP contribution is 2.28. The van der Waals surface area contributed by atoms with E-state index in [0.29, 0.717) is 6.04 Å². The van der Waals surface area contributed by atoms with E-state index in [2.05, 4.69) is 27.1 Å². The number of fused-ring (bicyclic) bond motifs is 1. The molecule has 1 saturated carbocycles. The maximum absolute atomic E-state index is 6.05. The Morgan fingerprint density at radius 1 is 1.03 bits per heavy atom. The van der Waals surface area contributed by atoms with Crippen molar-refractivity contribution in [1.29, 1.82) is 0 Å². The summed E-state index contributed by atoms with van der Waals surface area (Å²) in [7, 11) is 2.20. The largest absolute Gasteiger partial charge is 0.457 e. The molecule has 0 spiro atoms. The molecule has 1 aliphatic rings. The normalized spacial score (nSPS) is 14.8. The molecule has 5 rings (SSSR count). The molecule has 148 valence electrons. The zero-order valence-electron chi connectivity index (χ0n) is 16.6. The number of nitrogens with zero attached hydrogens (tertiary/aromatic N) is 3. The average molecular weight is 387 g/mol. The summed E-state index contributed by atoms with van der Waals surface area (Å²) in [6.45, 7) is 0.852. The molecule has 2 heterocycles. The average Bonchev–Trinajstić information content (AvgIpc) is 3.49. The van der Waals surface area contributed by atoms with Gasteiger partial charge in [-0.1, -0.05) is 12.8 Å². The van der Waals surface area contributed by atoms with E-state index in [1.54, 1.807) is 6.20 Å². The summed E-state index contributed by atoms with van der Waals surface area (Å²) >= 11 is 0. The van der Waals surface area contributed by atoms with E-state index in [1.165, 1.54) is 25.7 Å². The standard InChI is InChI=1S/C23H25N5O/c1-28(17-4-2-3-5-17)15-23-25-21-11-10-19(14-22(21)26-23)29-18-8-6-16(7-9-18)20-12-13-24-27-20/h6-14,17H,2-5,15H2,1H3,(H,24,27)(H,25,26). The van der Waals surface area contributed by atoms with Gasteiger partial charge in [-0.05, 0) is 67.9 Å². The predicted octanol–water partition coefficient (Wildman–Crippen LogP) is 5.12. The quantitative estimate of drug-likeness (QED) is 0.482. The van der Waals surface area contributed by atoms with Crippen LogP contribution in [0.4, 0.5) is 0 Å². The number of rotatable bonds is 6. The SMILES string of the molecule is CN(Cc1nc2ccc(Oc3ccc(-c4ccn[nH]4)cc3)cc2[nH]1)C1CCCC1. The van der Waals surface area contributed by atoms with Gasteiger partial charge in [0.1, 0.15) is 17.3 Å². The fourth-order valence-electron chi connectivity index (χ4n) is 4.15. The van der Waals surface area contributed by atoms with Gasteiger partial charge in [-0.3, -0.25) is 10.00 Å². The van der Waals surface area contributed by atoms with Crippen molar-refractivity contribution in [3.63, 3.8) is 0 Å². The molecular weight excluding hydrogens is 362 g/mol. The number of hydrogen-bond donors (Lipinski definition) is 2. The van der Waals surface area contributed by atoms with Crippen molar-refractivity contribution >= 4 is 11.0 Å². The van der Waals surface area contributed by atoms with Crippen molar-refractivity contribution in [2.45, 2.75) is 38.3 Å². The Hall–Kier alpha value is -3.12. The molecule has 2 aromatic carbocycles. The maximum Gasteiger partial charge on any atom is 0.129 e. The first kappa shape index (κ1) is 17.9. The predicted molar refractivity (Wildman–Crippen MR) is 114 cm³/mol. The van der Waals surface area contributed by atoms with Crippen LogP contribution in [0.3, 0.4) is 0 Å². The summed E-state index contributed by atoms with van der Waals surface area (Å²) < 4.78 is 6.05. The Balaban J connectivity index is 1.29. The van der Waals surface area contributed by atoms with Gasteiger partial charge < -0.3 is 9.72 Å². The fraction of sp³-hybridized carbons (Fsp3) is 0.304. The number of aromatic amines is 2. The lowest BCUT2D eigenvalue weighted by Crippen LogP contribution is -2.28. The van der Waals surface area contributed by atoms with Gasteiger partial charge in [-0.15, -0.1) is 0 Å². The highest BCUT2D eigenvalue weighted by Gasteiger charge is 2.20. The summed E-state index contributed by atoms with van der Waals surface area (Å²) in [5.41, 5.74) is 4.05. The second-order valence-corrected chi connectivity index (χ2v) is 7.81. The van der Waals surface area contributed by atoms with Gasteiger partial charge in [0.2, 0.25) is 0 Å². The Bertz CT molecular complexity index is 1080. The third-order valence-corrected chi connectivity index (χ3v) is 5.75. The van der Waals surface area contributed by atoms with Crippen molar-refractivity contribution in [3.8, 4) is 22.8 Å². The van der Waals surface area contributed by atoms with Crippen LogP contribution in [-0.4, -0.2) is 38.2 Å². The molecule has 0 radical (unpaired) electrons. The third-order valence-electron chi connectivity index (χ3n) is 5.75. The molecule has 0 bridgehead atoms. The molecule has 29 heavy (non-hydrogen) atoms. The Morgan fingerprint density at radius 3 is 2.59 bits per heavy atom. The van der Waals surface area contributed by atoms with E-state index in [-0.39, 0.29) is 0 Å². The van der Waals surface area contributed by atoms with Crippen molar-refractivity contribution in [2.75, 3.05) is 7.05 Å². The lowest BCUT2D eigenvalue weighted by atomic mass is 10.1. The Labute approximate surface area is 169 Å². The summed E-state index contributed by atoms with van der Waals surface area (Å²) in [6.07, 6.45) is 7.04. The van der Waals surface area contributed by atoms with Gasteiger partial charge >= 0.3 is 0 Å². The number of aromatic nitrogens is 4. The van der Waals surface area contributed by atoms with Crippen LogP contribution in [0.2, 0.25) is 0 Å². The molecule has 2 aromatic heterocycles. The molecule has 6 nitrogen and oxygen atoms in total. The van der Waals surface area contributed by atoms with Crippen molar-refractivity contribution in [1.82, 2.24) is 25.1 Å². The summed E-state index contributed by atoms with van der Waals surface area (Å²) in [6, 6.07) is 16.6. The summed E-state index contributed by atoms with van der Waals surface area (Å²) in [5, 5.41) is 6.96. The Morgan fingerprint density at radius 2 is 1.83 bits per heavy atom. The molecule has 0 aliphatic heterocycles. The van der Waals surface area contributed by atoms with Gasteiger partial charge in [0, 0.05) is 18.3 Å². The van der Waals surface area contributed by atoms with Crippen LogP contribution >= 0.6 is 0 Å². The molecule has 0 unspecified atom stereocenters. The lowest BCUT2D eigenvalue weighted by molar-refractivity contribution is 0.232. The van der Waals surface area contributed by atoms with E-state index in [4.69, 9.17) is 9.72 Å². The van der Waals surface area contributed by atoms with Crippen molar-refractivity contribution in [2.24, 2.45) is 0 Å². The molecule has 0 saturated heterocycles. The van der Waals surface area contributed by atoms with Crippen molar-refractivity contribution < 1.29 is 4.74 Å². The van der Waals surface area contributed by atoms with Crippen LogP contribution in [0.1, 0.15) is 31.5 Å². The minimum Gasteiger partial charge on any atom is -0.457 e. The van der Waals surface area contributed by atoms with Gasteiger partial charge in [-0.2, -0.15) is 5.10 Å². The summed E-state index contributed by atoms with van der Waals surface area (Å²) in [4.78, 5) is 10.6. The van der Waals surface area contributed by atoms with Gasteiger partial charge in [0.05, 0.1) is 23.3 Å². The molecule has 0 atom stereocenters. The molecule has 1 aliphatic carbocycles. The second-order valence-electron chi connectivity index (χ2n) is 7.81. The van der Waals surface area contributed by atoms with Crippen LogP contribution in [0.25, 0.3) is 22.3 Å². The number of imidazole rings is 1. The number of H-pyrrole nitrogens is 2. The van der Waals surface area contributed by atoms with Crippen LogP contribution in [0.15, 0.2) is 54.7 Å². The fourth-order valence-corrected chi connectivity index (χ4v) is 4.15. The van der Waals surface area contributed by atoms with Crippen LogP contribution in [0, 0.1) is 0 Å². The molecule has 4 aromatic rings. The lowest BCUT2D eigenvalue weighted by Gasteiger charge is -2.22. The monoisotopic (exact) mass is 387 g/mol. The zero-order chi connectivity index (χ0) is 19.6. The summed E-state index contributed by atoms with van der Waals surface area (Å²) in [5.74, 6) is 2.61. The number of benzene rings is 2. The highest BCUT2D eigenvalue weighted by atomic mass is 16.5. The minimum atomic E-state index is 0.687. The smallest absolute Gasteiger partial charge is 0.129 e. The Kier molecular flexibility index (Phi) is 4.77. The van der Waals surface area contributed by atoms with Gasteiger partial charge in [0.15, 0.2) is 0 Å². The van der Waals surface area contributed by atoms with Gasteiger partial charge in [-0.25, -0.2) is 4.98 Å². The minimum absolute atomic E-state index is 0.687. The highest BCUT2D eigenvalue weighted by molar-refractivity contribution is 5.77. The van der Waals surface area contributed by atoms with Crippen LogP contribution in [-0.2, 0) is 6.54 Å². The molecule has 0 amide bonds. The van der Waals surface area contributed by atoms with E-state index in [1.807, 2.05) is 48.5 Å². The molecule has 2 N–H and O–H groups in total. The van der Waals surface area contributed by atoms with Crippen LogP contribution < -0.4 is 4.74 Å². The number of nitrogens with one attached hydrogen (secondary N) is 2. The first-order valence-corrected chi connectivity index (χ1v) is 10.2. The maximum atomic E-state index is 6.05. The molecular formula is C23H25N5O. The first-order chi connectivity index (χ1) is 14.2. The number of ether oxygens (including phenoxy) is 1. The van der Waals surface area contributed by atoms with Crippen LogP contribution in [0.5, 0.6) is 11.5 Å². The molecule has 1 fully saturated rings. The van der Waals surface area contributed by atoms with E-state index in [0.717, 1.165) is 46.2 Å².